The summed E-state index contributed by atoms with van der Waals surface area (Å²) in [4.78, 5) is 0. The molecule has 1 aliphatic rings. The number of halogens is 1. The smallest absolute Gasteiger partial charge is 0.0847 e. The summed E-state index contributed by atoms with van der Waals surface area (Å²) in [7, 11) is 4.06. The first-order valence-corrected chi connectivity index (χ1v) is 6.86. The van der Waals surface area contributed by atoms with Crippen molar-refractivity contribution in [1.82, 2.24) is 15.1 Å². The molecule has 2 atom stereocenters. The lowest BCUT2D eigenvalue weighted by molar-refractivity contribution is 0.269. The molecule has 3 nitrogen and oxygen atoms in total. The Hall–Kier alpha value is -0.540. The largest absolute Gasteiger partial charge is 0.317 e. The van der Waals surface area contributed by atoms with Crippen molar-refractivity contribution in [3.05, 3.63) is 16.4 Å². The molecule has 0 radical (unpaired) electrons. The van der Waals surface area contributed by atoms with Crippen LogP contribution in [0.5, 0.6) is 0 Å². The number of nitrogens with one attached hydrogen (secondary N) is 1. The zero-order valence-electron chi connectivity index (χ0n) is 11.0. The molecule has 1 N–H and O–H groups in total. The van der Waals surface area contributed by atoms with Gasteiger partial charge < -0.3 is 5.32 Å². The van der Waals surface area contributed by atoms with E-state index >= 15 is 0 Å². The molecular weight excluding hydrogens is 234 g/mol. The molecule has 0 saturated heterocycles. The molecule has 0 aromatic carbocycles. The molecule has 1 aromatic heterocycles. The van der Waals surface area contributed by atoms with Crippen LogP contribution in [-0.2, 0) is 13.5 Å². The maximum Gasteiger partial charge on any atom is 0.0847 e. The van der Waals surface area contributed by atoms with Crippen molar-refractivity contribution in [2.75, 3.05) is 7.05 Å². The standard InChI is InChI=1S/C13H22ClN3/c1-9-13(14)12(17(3)16-9)8-10-6-4-5-7-11(10)15-2/h10-11,15H,4-8H2,1-3H3. The van der Waals surface area contributed by atoms with E-state index in [1.165, 1.54) is 31.4 Å². The average molecular weight is 256 g/mol. The van der Waals surface area contributed by atoms with Crippen molar-refractivity contribution >= 4 is 11.6 Å². The first-order valence-electron chi connectivity index (χ1n) is 6.48. The van der Waals surface area contributed by atoms with E-state index in [0.29, 0.717) is 12.0 Å². The fraction of sp³-hybridized carbons (Fsp3) is 0.769. The highest BCUT2D eigenvalue weighted by atomic mass is 35.5. The van der Waals surface area contributed by atoms with Gasteiger partial charge in [-0.15, -0.1) is 0 Å². The van der Waals surface area contributed by atoms with E-state index in [9.17, 15) is 0 Å². The van der Waals surface area contributed by atoms with Crippen molar-refractivity contribution in [3.8, 4) is 0 Å². The van der Waals surface area contributed by atoms with E-state index in [1.807, 2.05) is 18.7 Å². The van der Waals surface area contributed by atoms with Crippen LogP contribution in [0.3, 0.4) is 0 Å². The van der Waals surface area contributed by atoms with Gasteiger partial charge >= 0.3 is 0 Å². The van der Waals surface area contributed by atoms with Gasteiger partial charge in [0.25, 0.3) is 0 Å². The Labute approximate surface area is 109 Å². The molecule has 1 saturated carbocycles. The van der Waals surface area contributed by atoms with Crippen LogP contribution in [0.25, 0.3) is 0 Å². The Kier molecular flexibility index (Phi) is 4.10. The lowest BCUT2D eigenvalue weighted by Gasteiger charge is -2.31. The van der Waals surface area contributed by atoms with Gasteiger partial charge in [-0.3, -0.25) is 4.68 Å². The maximum atomic E-state index is 6.32. The Morgan fingerprint density at radius 1 is 1.41 bits per heavy atom. The average Bonchev–Trinajstić information content (AvgIpc) is 2.57. The second-order valence-corrected chi connectivity index (χ2v) is 5.49. The highest BCUT2D eigenvalue weighted by molar-refractivity contribution is 6.31. The molecule has 0 spiro atoms. The summed E-state index contributed by atoms with van der Waals surface area (Å²) in [6, 6.07) is 0.634. The van der Waals surface area contributed by atoms with E-state index < -0.39 is 0 Å². The molecule has 0 aliphatic heterocycles. The minimum Gasteiger partial charge on any atom is -0.317 e. The molecule has 0 bridgehead atoms. The van der Waals surface area contributed by atoms with Crippen LogP contribution < -0.4 is 5.32 Å². The molecule has 1 heterocycles. The summed E-state index contributed by atoms with van der Waals surface area (Å²) in [5.74, 6) is 0.695. The molecule has 1 aliphatic carbocycles. The fourth-order valence-corrected chi connectivity index (χ4v) is 3.22. The van der Waals surface area contributed by atoms with Gasteiger partial charge in [-0.25, -0.2) is 0 Å². The third-order valence-electron chi connectivity index (χ3n) is 4.00. The van der Waals surface area contributed by atoms with Gasteiger partial charge in [0.15, 0.2) is 0 Å². The zero-order valence-corrected chi connectivity index (χ0v) is 11.7. The van der Waals surface area contributed by atoms with Gasteiger partial charge in [0.05, 0.1) is 16.4 Å². The summed E-state index contributed by atoms with van der Waals surface area (Å²) in [6.07, 6.45) is 6.32. The summed E-state index contributed by atoms with van der Waals surface area (Å²) in [6.45, 7) is 1.97. The molecule has 2 unspecified atom stereocenters. The highest BCUT2D eigenvalue weighted by Gasteiger charge is 2.26. The number of nitrogens with zero attached hydrogens (tertiary/aromatic N) is 2. The molecule has 96 valence electrons. The normalized spacial score (nSPS) is 25.2. The zero-order chi connectivity index (χ0) is 12.4. The van der Waals surface area contributed by atoms with E-state index in [2.05, 4.69) is 17.5 Å². The summed E-state index contributed by atoms with van der Waals surface area (Å²) < 4.78 is 1.94. The van der Waals surface area contributed by atoms with Crippen molar-refractivity contribution in [2.45, 2.75) is 45.1 Å². The van der Waals surface area contributed by atoms with E-state index in [0.717, 1.165) is 17.1 Å². The summed E-state index contributed by atoms with van der Waals surface area (Å²) in [5, 5.41) is 8.69. The van der Waals surface area contributed by atoms with Crippen molar-refractivity contribution in [3.63, 3.8) is 0 Å². The quantitative estimate of drug-likeness (QED) is 0.900. The Balaban J connectivity index is 2.13. The van der Waals surface area contributed by atoms with Gasteiger partial charge in [0.1, 0.15) is 0 Å². The fourth-order valence-electron chi connectivity index (χ4n) is 2.98. The second-order valence-electron chi connectivity index (χ2n) is 5.11. The molecular formula is C13H22ClN3. The van der Waals surface area contributed by atoms with E-state index in [-0.39, 0.29) is 0 Å². The number of hydrogen-bond donors (Lipinski definition) is 1. The van der Waals surface area contributed by atoms with Gasteiger partial charge in [0, 0.05) is 13.1 Å². The topological polar surface area (TPSA) is 29.9 Å². The van der Waals surface area contributed by atoms with Crippen LogP contribution in [0, 0.1) is 12.8 Å². The SMILES string of the molecule is CNC1CCCCC1Cc1c(Cl)c(C)nn1C. The Morgan fingerprint density at radius 2 is 2.12 bits per heavy atom. The maximum absolute atomic E-state index is 6.32. The van der Waals surface area contributed by atoms with E-state index in [4.69, 9.17) is 11.6 Å². The van der Waals surface area contributed by atoms with Crippen LogP contribution in [0.1, 0.15) is 37.1 Å². The lowest BCUT2D eigenvalue weighted by Crippen LogP contribution is -2.37. The molecule has 0 amide bonds. The minimum absolute atomic E-state index is 0.634. The van der Waals surface area contributed by atoms with Crippen molar-refractivity contribution in [2.24, 2.45) is 13.0 Å². The monoisotopic (exact) mass is 255 g/mol. The van der Waals surface area contributed by atoms with Crippen molar-refractivity contribution < 1.29 is 0 Å². The Morgan fingerprint density at radius 3 is 2.71 bits per heavy atom. The molecule has 1 aromatic rings. The van der Waals surface area contributed by atoms with Crippen LogP contribution in [0.15, 0.2) is 0 Å². The number of rotatable bonds is 3. The minimum atomic E-state index is 0.634. The number of hydrogen-bond acceptors (Lipinski definition) is 2. The summed E-state index contributed by atoms with van der Waals surface area (Å²) >= 11 is 6.32. The van der Waals surface area contributed by atoms with E-state index in [1.54, 1.807) is 0 Å². The van der Waals surface area contributed by atoms with Crippen molar-refractivity contribution in [1.29, 1.82) is 0 Å². The second kappa shape index (κ2) is 5.40. The van der Waals surface area contributed by atoms with Gasteiger partial charge in [-0.05, 0) is 39.2 Å². The third-order valence-corrected chi connectivity index (χ3v) is 4.49. The number of aryl methyl sites for hydroxylation is 2. The molecule has 1 fully saturated rings. The third kappa shape index (κ3) is 2.66. The Bertz CT molecular complexity index is 386. The van der Waals surface area contributed by atoms with Crippen LogP contribution in [0.2, 0.25) is 5.02 Å². The predicted molar refractivity (Wildman–Crippen MR) is 71.5 cm³/mol. The number of aromatic nitrogens is 2. The van der Waals surface area contributed by atoms with Gasteiger partial charge in [-0.2, -0.15) is 5.10 Å². The molecule has 17 heavy (non-hydrogen) atoms. The van der Waals surface area contributed by atoms with Gasteiger partial charge in [-0.1, -0.05) is 24.4 Å². The van der Waals surface area contributed by atoms with Crippen LogP contribution in [-0.4, -0.2) is 22.9 Å². The first kappa shape index (κ1) is 12.9. The van der Waals surface area contributed by atoms with Crippen LogP contribution in [0.4, 0.5) is 0 Å². The predicted octanol–water partition coefficient (Wildman–Crippen LogP) is 2.70. The highest BCUT2D eigenvalue weighted by Crippen LogP contribution is 2.30. The van der Waals surface area contributed by atoms with Gasteiger partial charge in [0.2, 0.25) is 0 Å². The lowest BCUT2D eigenvalue weighted by atomic mass is 9.81. The first-order chi connectivity index (χ1) is 8.13. The van der Waals surface area contributed by atoms with Crippen LogP contribution >= 0.6 is 11.6 Å². The molecule has 2 rings (SSSR count). The molecule has 4 heteroatoms. The summed E-state index contributed by atoms with van der Waals surface area (Å²) in [5.41, 5.74) is 2.14.